The molecule has 0 aliphatic carbocycles. The predicted octanol–water partition coefficient (Wildman–Crippen LogP) is 6.61. The molecule has 1 heterocycles. The fraction of sp³-hybridized carbons (Fsp3) is 0.300. The number of para-hydroxylation sites is 1. The summed E-state index contributed by atoms with van der Waals surface area (Å²) in [6.07, 6.45) is -0.604. The molecule has 0 spiro atoms. The SMILES string of the molecule is CC(C)(C)OC(=O)C(Cc1ccc2c(c1)cc(C(=O)OCc1ccccc1)n2Cc1ccc([N+](=O)[O-])cc1)C(N)C[C@H](O)COc1ccccc1. The van der Waals surface area contributed by atoms with Crippen molar-refractivity contribution < 1.29 is 33.8 Å². The number of nitrogens with zero attached hydrogens (tertiary/aromatic N) is 2. The van der Waals surface area contributed by atoms with Crippen LogP contribution in [0.4, 0.5) is 5.69 Å². The molecule has 5 aromatic rings. The van der Waals surface area contributed by atoms with Crippen LogP contribution in [0.1, 0.15) is 54.4 Å². The molecule has 0 amide bonds. The molecular formula is C40H43N3O8. The topological polar surface area (TPSA) is 156 Å². The Balaban J connectivity index is 1.41. The van der Waals surface area contributed by atoms with Gasteiger partial charge in [-0.15, -0.1) is 0 Å². The minimum atomic E-state index is -0.925. The van der Waals surface area contributed by atoms with Gasteiger partial charge in [-0.2, -0.15) is 0 Å². The summed E-state index contributed by atoms with van der Waals surface area (Å²) in [7, 11) is 0. The second-order valence-electron chi connectivity index (χ2n) is 13.5. The molecule has 3 atom stereocenters. The van der Waals surface area contributed by atoms with Crippen LogP contribution in [0.15, 0.2) is 109 Å². The smallest absolute Gasteiger partial charge is 0.355 e. The number of ether oxygens (including phenoxy) is 3. The van der Waals surface area contributed by atoms with E-state index < -0.39 is 40.5 Å². The molecule has 0 radical (unpaired) electrons. The molecule has 11 nitrogen and oxygen atoms in total. The largest absolute Gasteiger partial charge is 0.491 e. The first kappa shape index (κ1) is 36.8. The van der Waals surface area contributed by atoms with Crippen LogP contribution in [0.2, 0.25) is 0 Å². The monoisotopic (exact) mass is 693 g/mol. The maximum atomic E-state index is 13.5. The molecule has 3 N–H and O–H groups in total. The van der Waals surface area contributed by atoms with Crippen molar-refractivity contribution in [3.05, 3.63) is 142 Å². The van der Waals surface area contributed by atoms with Crippen LogP contribution in [-0.2, 0) is 33.8 Å². The highest BCUT2D eigenvalue weighted by Gasteiger charge is 2.32. The van der Waals surface area contributed by atoms with E-state index in [1.165, 1.54) is 12.1 Å². The summed E-state index contributed by atoms with van der Waals surface area (Å²) in [5.41, 5.74) is 9.24. The van der Waals surface area contributed by atoms with E-state index in [0.29, 0.717) is 11.4 Å². The Kier molecular flexibility index (Phi) is 11.9. The Morgan fingerprint density at radius 1 is 0.882 bits per heavy atom. The maximum absolute atomic E-state index is 13.5. The first-order chi connectivity index (χ1) is 24.4. The minimum Gasteiger partial charge on any atom is -0.491 e. The van der Waals surface area contributed by atoms with Crippen LogP contribution in [-0.4, -0.2) is 50.9 Å². The summed E-state index contributed by atoms with van der Waals surface area (Å²) in [4.78, 5) is 37.8. The number of aromatic nitrogens is 1. The Labute approximate surface area is 296 Å². The van der Waals surface area contributed by atoms with Gasteiger partial charge in [-0.1, -0.05) is 66.7 Å². The molecule has 11 heteroatoms. The standard InChI is InChI=1S/C40H43N3O8/c1-40(2,3)51-38(45)34(35(41)23-32(44)26-49-33-12-8-5-9-13-33)21-29-16-19-36-30(20-29)22-37(39(46)50-25-28-10-6-4-7-11-28)42(36)24-27-14-17-31(18-15-27)43(47)48/h4-20,22,32,34-35,44H,21,23-26,41H2,1-3H3/t32-,34?,35?/m0/s1. The normalized spacial score (nSPS) is 13.3. The number of fused-ring (bicyclic) bond motifs is 1. The van der Waals surface area contributed by atoms with E-state index >= 15 is 0 Å². The molecule has 0 aliphatic rings. The number of carbonyl (C=O) groups is 2. The van der Waals surface area contributed by atoms with Gasteiger partial charge in [-0.25, -0.2) is 4.79 Å². The number of non-ortho nitro benzene ring substituents is 1. The van der Waals surface area contributed by atoms with Crippen molar-refractivity contribution in [3.8, 4) is 5.75 Å². The Hall–Kier alpha value is -5.52. The van der Waals surface area contributed by atoms with Crippen LogP contribution < -0.4 is 10.5 Å². The first-order valence-corrected chi connectivity index (χ1v) is 16.8. The number of hydrogen-bond donors (Lipinski definition) is 2. The zero-order valence-electron chi connectivity index (χ0n) is 28.9. The zero-order chi connectivity index (χ0) is 36.5. The first-order valence-electron chi connectivity index (χ1n) is 16.8. The van der Waals surface area contributed by atoms with Gasteiger partial charge in [0.15, 0.2) is 0 Å². The van der Waals surface area contributed by atoms with Crippen molar-refractivity contribution in [1.82, 2.24) is 4.57 Å². The van der Waals surface area contributed by atoms with Gasteiger partial charge in [0.1, 0.15) is 30.3 Å². The lowest BCUT2D eigenvalue weighted by Gasteiger charge is -2.28. The van der Waals surface area contributed by atoms with Gasteiger partial charge < -0.3 is 29.6 Å². The molecule has 1 aromatic heterocycles. The molecule has 0 saturated carbocycles. The van der Waals surface area contributed by atoms with Gasteiger partial charge >= 0.3 is 11.9 Å². The number of aliphatic hydroxyl groups is 1. The summed E-state index contributed by atoms with van der Waals surface area (Å²) < 4.78 is 19.0. The number of esters is 2. The molecule has 266 valence electrons. The van der Waals surface area contributed by atoms with Crippen molar-refractivity contribution in [2.24, 2.45) is 11.7 Å². The van der Waals surface area contributed by atoms with Crippen molar-refractivity contribution in [2.75, 3.05) is 6.61 Å². The molecule has 0 saturated heterocycles. The number of rotatable bonds is 15. The summed E-state index contributed by atoms with van der Waals surface area (Å²) in [5, 5.41) is 22.7. The lowest BCUT2D eigenvalue weighted by Crippen LogP contribution is -2.43. The lowest BCUT2D eigenvalue weighted by atomic mass is 9.89. The van der Waals surface area contributed by atoms with Gasteiger partial charge in [-0.05, 0) is 80.6 Å². The molecular weight excluding hydrogens is 650 g/mol. The van der Waals surface area contributed by atoms with Crippen LogP contribution in [0.5, 0.6) is 5.75 Å². The van der Waals surface area contributed by atoms with E-state index in [4.69, 9.17) is 19.9 Å². The van der Waals surface area contributed by atoms with E-state index in [1.807, 2.05) is 71.3 Å². The summed E-state index contributed by atoms with van der Waals surface area (Å²) in [6.45, 7) is 5.71. The fourth-order valence-electron chi connectivity index (χ4n) is 5.79. The van der Waals surface area contributed by atoms with Crippen molar-refractivity contribution in [2.45, 2.75) is 64.5 Å². The van der Waals surface area contributed by atoms with Crippen LogP contribution in [0.25, 0.3) is 10.9 Å². The van der Waals surface area contributed by atoms with E-state index in [1.54, 1.807) is 51.1 Å². The predicted molar refractivity (Wildman–Crippen MR) is 193 cm³/mol. The highest BCUT2D eigenvalue weighted by molar-refractivity contribution is 5.96. The van der Waals surface area contributed by atoms with E-state index in [9.17, 15) is 24.8 Å². The molecule has 5 rings (SSSR count). The molecule has 0 aliphatic heterocycles. The Morgan fingerprint density at radius 3 is 2.18 bits per heavy atom. The fourth-order valence-corrected chi connectivity index (χ4v) is 5.79. The number of hydrogen-bond acceptors (Lipinski definition) is 9. The number of benzene rings is 4. The van der Waals surface area contributed by atoms with E-state index in [0.717, 1.165) is 27.6 Å². The lowest BCUT2D eigenvalue weighted by molar-refractivity contribution is -0.384. The Morgan fingerprint density at radius 2 is 1.53 bits per heavy atom. The zero-order valence-corrected chi connectivity index (χ0v) is 28.9. The van der Waals surface area contributed by atoms with Gasteiger partial charge in [0, 0.05) is 35.6 Å². The summed E-state index contributed by atoms with van der Waals surface area (Å²) in [5.74, 6) is -1.18. The average molecular weight is 694 g/mol. The van der Waals surface area contributed by atoms with Crippen molar-refractivity contribution in [3.63, 3.8) is 0 Å². The average Bonchev–Trinajstić information content (AvgIpc) is 3.46. The second kappa shape index (κ2) is 16.5. The molecule has 4 aromatic carbocycles. The summed E-state index contributed by atoms with van der Waals surface area (Å²) in [6, 6.07) is 31.3. The quantitative estimate of drug-likeness (QED) is 0.0700. The summed E-state index contributed by atoms with van der Waals surface area (Å²) >= 11 is 0. The van der Waals surface area contributed by atoms with Crippen LogP contribution in [0, 0.1) is 16.0 Å². The molecule has 0 fully saturated rings. The van der Waals surface area contributed by atoms with Gasteiger partial charge in [0.2, 0.25) is 0 Å². The Bertz CT molecular complexity index is 1940. The number of nitro groups is 1. The van der Waals surface area contributed by atoms with Gasteiger partial charge in [0.25, 0.3) is 5.69 Å². The molecule has 2 unspecified atom stereocenters. The minimum absolute atomic E-state index is 0.0101. The van der Waals surface area contributed by atoms with Crippen molar-refractivity contribution >= 4 is 28.5 Å². The van der Waals surface area contributed by atoms with Crippen LogP contribution in [0.3, 0.4) is 0 Å². The third-order valence-electron chi connectivity index (χ3n) is 8.29. The third kappa shape index (κ3) is 10.3. The highest BCUT2D eigenvalue weighted by Crippen LogP contribution is 2.27. The van der Waals surface area contributed by atoms with Crippen molar-refractivity contribution in [1.29, 1.82) is 0 Å². The maximum Gasteiger partial charge on any atom is 0.355 e. The number of nitro benzene ring substituents is 1. The second-order valence-corrected chi connectivity index (χ2v) is 13.5. The molecule has 51 heavy (non-hydrogen) atoms. The highest BCUT2D eigenvalue weighted by atomic mass is 16.6. The number of aliphatic hydroxyl groups excluding tert-OH is 1. The van der Waals surface area contributed by atoms with Gasteiger partial charge in [-0.3, -0.25) is 14.9 Å². The number of nitrogens with two attached hydrogens (primary N) is 1. The van der Waals surface area contributed by atoms with Crippen LogP contribution >= 0.6 is 0 Å². The van der Waals surface area contributed by atoms with Gasteiger partial charge in [0.05, 0.1) is 16.9 Å². The number of carbonyl (C=O) groups excluding carboxylic acids is 2. The van der Waals surface area contributed by atoms with E-state index in [2.05, 4.69) is 0 Å². The molecule has 0 bridgehead atoms. The van der Waals surface area contributed by atoms with E-state index in [-0.39, 0.29) is 38.3 Å². The third-order valence-corrected chi connectivity index (χ3v) is 8.29.